The molecular formula is C23H57Cl2NOSi5. The highest BCUT2D eigenvalue weighted by atomic mass is 35.7. The van der Waals surface area contributed by atoms with Crippen LogP contribution in [0.25, 0.3) is 0 Å². The minimum atomic E-state index is -2.02. The predicted octanol–water partition coefficient (Wildman–Crippen LogP) is 9.98. The number of halogens is 2. The van der Waals surface area contributed by atoms with E-state index in [4.69, 9.17) is 26.3 Å². The Kier molecular flexibility index (Phi) is 14.5. The van der Waals surface area contributed by atoms with Crippen molar-refractivity contribution in [2.75, 3.05) is 0 Å². The summed E-state index contributed by atoms with van der Waals surface area (Å²) in [5.41, 5.74) is 0.646. The van der Waals surface area contributed by atoms with Gasteiger partial charge >= 0.3 is 0 Å². The Labute approximate surface area is 217 Å². The van der Waals surface area contributed by atoms with Crippen LogP contribution >= 0.6 is 22.2 Å². The van der Waals surface area contributed by atoms with Crippen molar-refractivity contribution in [3.8, 4) is 0 Å². The molecule has 0 fully saturated rings. The molecule has 0 aromatic heterocycles. The van der Waals surface area contributed by atoms with Crippen molar-refractivity contribution in [3.05, 3.63) is 0 Å². The van der Waals surface area contributed by atoms with Crippen LogP contribution in [0.1, 0.15) is 61.3 Å². The third-order valence-electron chi connectivity index (χ3n) is 8.41. The van der Waals surface area contributed by atoms with Gasteiger partial charge < -0.3 is 8.35 Å². The van der Waals surface area contributed by atoms with Gasteiger partial charge in [0.15, 0.2) is 16.6 Å². The zero-order chi connectivity index (χ0) is 25.4. The summed E-state index contributed by atoms with van der Waals surface area (Å²) in [7, 11) is -6.77. The Bertz CT molecular complexity index is 498. The van der Waals surface area contributed by atoms with Crippen molar-refractivity contribution in [1.82, 2.24) is 4.23 Å². The van der Waals surface area contributed by atoms with Gasteiger partial charge in [-0.3, -0.25) is 0 Å². The largest absolute Gasteiger partial charge is 0.454 e. The van der Waals surface area contributed by atoms with Crippen LogP contribution in [-0.2, 0) is 4.12 Å². The molecule has 194 valence electrons. The quantitative estimate of drug-likeness (QED) is 0.127. The lowest BCUT2D eigenvalue weighted by atomic mass is 10.5. The smallest absolute Gasteiger partial charge is 0.248 e. The maximum atomic E-state index is 7.34. The molecule has 0 spiro atoms. The molecule has 0 amide bonds. The van der Waals surface area contributed by atoms with Gasteiger partial charge in [0.25, 0.3) is 0 Å². The molecule has 0 aromatic rings. The molecule has 0 heterocycles. The Morgan fingerprint density at radius 1 is 0.656 bits per heavy atom. The van der Waals surface area contributed by atoms with E-state index in [0.29, 0.717) is 5.67 Å². The lowest BCUT2D eigenvalue weighted by molar-refractivity contribution is 0.428. The summed E-state index contributed by atoms with van der Waals surface area (Å²) in [5, 5.41) is 0. The highest BCUT2D eigenvalue weighted by Gasteiger charge is 2.54. The standard InChI is InChI=1S/C23H57Cl2NOSi5/c1-13-23(29(10,11)27-28(8,9)21-20-22-30(12,24)25)26(31(14-2,15-3)16-4)32(17-5,18-6)19-7/h23H,13-22H2,1-12H3. The van der Waals surface area contributed by atoms with Crippen LogP contribution in [0, 0.1) is 0 Å². The molecule has 0 aromatic carbocycles. The van der Waals surface area contributed by atoms with Crippen LogP contribution in [0.15, 0.2) is 0 Å². The van der Waals surface area contributed by atoms with E-state index in [2.05, 4.69) is 78.9 Å². The number of rotatable bonds is 17. The monoisotopic (exact) mass is 573 g/mol. The molecule has 0 saturated heterocycles. The summed E-state index contributed by atoms with van der Waals surface area (Å²) in [6.07, 6.45) is 2.36. The minimum absolute atomic E-state index is 0.646. The molecule has 0 aliphatic carbocycles. The molecule has 9 heteroatoms. The van der Waals surface area contributed by atoms with Crippen molar-refractivity contribution in [2.24, 2.45) is 0 Å². The molecule has 0 aliphatic heterocycles. The van der Waals surface area contributed by atoms with Crippen molar-refractivity contribution >= 4 is 62.0 Å². The van der Waals surface area contributed by atoms with E-state index >= 15 is 0 Å². The molecule has 0 rings (SSSR count). The fourth-order valence-electron chi connectivity index (χ4n) is 6.33. The Morgan fingerprint density at radius 3 is 1.31 bits per heavy atom. The summed E-state index contributed by atoms with van der Waals surface area (Å²) in [5.74, 6) is 0. The summed E-state index contributed by atoms with van der Waals surface area (Å²) in [6.45, 7) is 27.4. The van der Waals surface area contributed by atoms with E-state index < -0.39 is 39.8 Å². The number of nitrogens with zero attached hydrogens (tertiary/aromatic N) is 1. The van der Waals surface area contributed by atoms with Crippen molar-refractivity contribution in [2.45, 2.75) is 148 Å². The molecule has 0 N–H and O–H groups in total. The van der Waals surface area contributed by atoms with Gasteiger partial charge in [-0.1, -0.05) is 54.9 Å². The number of hydrogen-bond donors (Lipinski definition) is 0. The van der Waals surface area contributed by atoms with E-state index in [0.717, 1.165) is 12.5 Å². The lowest BCUT2D eigenvalue weighted by Crippen LogP contribution is -2.74. The van der Waals surface area contributed by atoms with Gasteiger partial charge in [0.2, 0.25) is 6.69 Å². The van der Waals surface area contributed by atoms with Gasteiger partial charge in [-0.15, -0.1) is 22.2 Å². The fraction of sp³-hybridized carbons (Fsp3) is 1.00. The Hall–Kier alpha value is 1.58. The normalized spacial score (nSPS) is 15.5. The second-order valence-corrected chi connectivity index (χ2v) is 38.7. The average Bonchev–Trinajstić information content (AvgIpc) is 2.69. The SMILES string of the molecule is CCC(N([Si](CC)(CC)CC)[Si](CC)(CC)CC)[Si](C)(C)O[Si](C)(C)CCC[Si](C)(Cl)Cl. The fourth-order valence-corrected chi connectivity index (χ4v) is 34.7. The van der Waals surface area contributed by atoms with Crippen LogP contribution in [0.5, 0.6) is 0 Å². The second-order valence-electron chi connectivity index (χ2n) is 11.3. The van der Waals surface area contributed by atoms with Crippen molar-refractivity contribution in [1.29, 1.82) is 0 Å². The molecule has 0 aliphatic rings. The van der Waals surface area contributed by atoms with Crippen molar-refractivity contribution in [3.63, 3.8) is 0 Å². The zero-order valence-corrected chi connectivity index (χ0v) is 30.3. The summed E-state index contributed by atoms with van der Waals surface area (Å²) >= 11 is 12.8. The van der Waals surface area contributed by atoms with Gasteiger partial charge in [-0.2, -0.15) is 0 Å². The first-order chi connectivity index (χ1) is 14.6. The first kappa shape index (κ1) is 33.6. The lowest BCUT2D eigenvalue weighted by Gasteiger charge is -2.59. The molecule has 1 atom stereocenters. The van der Waals surface area contributed by atoms with Crippen LogP contribution < -0.4 is 0 Å². The summed E-state index contributed by atoms with van der Waals surface area (Å²) in [6, 6.07) is 10.4. The first-order valence-electron chi connectivity index (χ1n) is 13.5. The molecule has 32 heavy (non-hydrogen) atoms. The van der Waals surface area contributed by atoms with E-state index in [1.165, 1.54) is 48.7 Å². The van der Waals surface area contributed by atoms with Crippen LogP contribution in [0.4, 0.5) is 0 Å². The summed E-state index contributed by atoms with van der Waals surface area (Å²) < 4.78 is 10.7. The van der Waals surface area contributed by atoms with E-state index in [1.54, 1.807) is 0 Å². The molecule has 0 bridgehead atoms. The van der Waals surface area contributed by atoms with Crippen LogP contribution in [0.2, 0.25) is 81.1 Å². The minimum Gasteiger partial charge on any atom is -0.454 e. The van der Waals surface area contributed by atoms with Gasteiger partial charge in [0.05, 0.1) is 0 Å². The highest BCUT2D eigenvalue weighted by molar-refractivity contribution is 7.44. The predicted molar refractivity (Wildman–Crippen MR) is 164 cm³/mol. The molecule has 0 radical (unpaired) electrons. The molecular weight excluding hydrogens is 518 g/mol. The maximum absolute atomic E-state index is 7.34. The van der Waals surface area contributed by atoms with Gasteiger partial charge in [-0.05, 0) is 87.5 Å². The highest BCUT2D eigenvalue weighted by Crippen LogP contribution is 2.41. The van der Waals surface area contributed by atoms with Crippen LogP contribution in [0.3, 0.4) is 0 Å². The van der Waals surface area contributed by atoms with Gasteiger partial charge in [-0.25, -0.2) is 0 Å². The number of hydrogen-bond acceptors (Lipinski definition) is 2. The van der Waals surface area contributed by atoms with E-state index in [9.17, 15) is 0 Å². The summed E-state index contributed by atoms with van der Waals surface area (Å²) in [4.78, 5) is 0. The zero-order valence-electron chi connectivity index (χ0n) is 23.8. The molecule has 1 unspecified atom stereocenters. The second kappa shape index (κ2) is 13.8. The van der Waals surface area contributed by atoms with Crippen molar-refractivity contribution < 1.29 is 4.12 Å². The Balaban J connectivity index is 6.24. The van der Waals surface area contributed by atoms with E-state index in [-0.39, 0.29) is 0 Å². The average molecular weight is 575 g/mol. The topological polar surface area (TPSA) is 12.5 Å². The van der Waals surface area contributed by atoms with Crippen LogP contribution in [-0.4, -0.2) is 49.7 Å². The van der Waals surface area contributed by atoms with Gasteiger partial charge in [0, 0.05) is 5.67 Å². The van der Waals surface area contributed by atoms with E-state index in [1.807, 2.05) is 6.55 Å². The first-order valence-corrected chi connectivity index (χ1v) is 29.4. The maximum Gasteiger partial charge on any atom is 0.248 e. The molecule has 2 nitrogen and oxygen atoms in total. The Morgan fingerprint density at radius 2 is 1.03 bits per heavy atom. The van der Waals surface area contributed by atoms with Gasteiger partial charge in [0.1, 0.15) is 16.5 Å². The third-order valence-corrected chi connectivity index (χ3v) is 32.8. The molecule has 0 saturated carbocycles. The third kappa shape index (κ3) is 8.91.